The SMILES string of the molecule is CCCC[C@@H]([C@@H](O)C(=O)Nc1ccn[nH]1)N(C(=O)O)[C@H](Cn1cc(-c2ccc(C(F)(F)F)cc2)cn1)C(C)(C)C. The first-order valence-electron chi connectivity index (χ1n) is 12.9. The summed E-state index contributed by atoms with van der Waals surface area (Å²) in [5.74, 6) is -0.507. The Morgan fingerprint density at radius 3 is 2.33 bits per heavy atom. The number of unbranched alkanes of at least 4 members (excludes halogenated alkanes) is 1. The summed E-state index contributed by atoms with van der Waals surface area (Å²) in [5.41, 5.74) is -0.331. The number of anilines is 1. The average Bonchev–Trinajstić information content (AvgIpc) is 3.56. The number of amides is 2. The molecular formula is C27H35F3N6O4. The highest BCUT2D eigenvalue weighted by atomic mass is 19.4. The summed E-state index contributed by atoms with van der Waals surface area (Å²) in [7, 11) is 0. The summed E-state index contributed by atoms with van der Waals surface area (Å²) in [6.45, 7) is 7.55. The van der Waals surface area contributed by atoms with Crippen molar-refractivity contribution in [1.29, 1.82) is 0 Å². The zero-order chi connectivity index (χ0) is 29.7. The molecule has 0 spiro atoms. The third-order valence-electron chi connectivity index (χ3n) is 6.70. The van der Waals surface area contributed by atoms with Gasteiger partial charge in [0, 0.05) is 17.8 Å². The molecule has 0 unspecified atom stereocenters. The third kappa shape index (κ3) is 7.62. The summed E-state index contributed by atoms with van der Waals surface area (Å²) < 4.78 is 40.4. The third-order valence-corrected chi connectivity index (χ3v) is 6.70. The molecule has 218 valence electrons. The zero-order valence-electron chi connectivity index (χ0n) is 22.8. The maximum absolute atomic E-state index is 12.9. The standard InChI is InChI=1S/C27H35F3N6O4/c1-5-6-7-20(23(37)24(38)33-22-12-13-31-34-22)36(25(39)40)21(26(2,3)4)16-35-15-18(14-32-35)17-8-10-19(11-9-17)27(28,29)30/h8-15,20-21,23,37H,5-7,16H2,1-4H3,(H,39,40)(H2,31,33,34,38)/t20-,21+,23+/m0/s1. The summed E-state index contributed by atoms with van der Waals surface area (Å²) in [6.07, 6.45) is -1.34. The van der Waals surface area contributed by atoms with Gasteiger partial charge in [-0.05, 0) is 29.5 Å². The molecule has 1 aromatic carbocycles. The molecule has 3 aromatic rings. The monoisotopic (exact) mass is 564 g/mol. The van der Waals surface area contributed by atoms with Gasteiger partial charge in [0.05, 0.1) is 36.6 Å². The van der Waals surface area contributed by atoms with Crippen LogP contribution in [-0.4, -0.2) is 65.3 Å². The lowest BCUT2D eigenvalue weighted by molar-refractivity contribution is -0.137. The predicted octanol–water partition coefficient (Wildman–Crippen LogP) is 5.25. The van der Waals surface area contributed by atoms with Crippen LogP contribution < -0.4 is 5.32 Å². The van der Waals surface area contributed by atoms with Crippen LogP contribution in [0.5, 0.6) is 0 Å². The number of carboxylic acid groups (broad SMARTS) is 1. The van der Waals surface area contributed by atoms with E-state index in [1.807, 2.05) is 27.7 Å². The first-order chi connectivity index (χ1) is 18.7. The summed E-state index contributed by atoms with van der Waals surface area (Å²) in [6, 6.07) is 4.39. The van der Waals surface area contributed by atoms with E-state index in [0.717, 1.165) is 17.0 Å². The largest absolute Gasteiger partial charge is 0.465 e. The smallest absolute Gasteiger partial charge is 0.416 e. The van der Waals surface area contributed by atoms with Gasteiger partial charge in [0.25, 0.3) is 5.91 Å². The quantitative estimate of drug-likeness (QED) is 0.251. The zero-order valence-corrected chi connectivity index (χ0v) is 22.8. The molecule has 13 heteroatoms. The Hall–Kier alpha value is -3.87. The van der Waals surface area contributed by atoms with E-state index in [0.29, 0.717) is 24.0 Å². The summed E-state index contributed by atoms with van der Waals surface area (Å²) in [4.78, 5) is 26.7. The van der Waals surface area contributed by atoms with Crippen LogP contribution in [-0.2, 0) is 17.5 Å². The predicted molar refractivity (Wildman–Crippen MR) is 142 cm³/mol. The molecule has 3 atom stereocenters. The molecule has 0 fully saturated rings. The summed E-state index contributed by atoms with van der Waals surface area (Å²) >= 11 is 0. The summed E-state index contributed by atoms with van der Waals surface area (Å²) in [5, 5.41) is 34.6. The number of hydrogen-bond acceptors (Lipinski definition) is 5. The Balaban J connectivity index is 1.90. The number of aliphatic hydroxyl groups excluding tert-OH is 1. The number of aromatic amines is 1. The van der Waals surface area contributed by atoms with Gasteiger partial charge in [0.15, 0.2) is 6.10 Å². The van der Waals surface area contributed by atoms with Crippen LogP contribution in [0.15, 0.2) is 48.9 Å². The Kier molecular flexibility index (Phi) is 9.61. The van der Waals surface area contributed by atoms with Crippen molar-refractivity contribution in [3.05, 3.63) is 54.5 Å². The van der Waals surface area contributed by atoms with Gasteiger partial charge in [-0.1, -0.05) is 52.7 Å². The lowest BCUT2D eigenvalue weighted by atomic mass is 9.83. The molecule has 3 rings (SSSR count). The van der Waals surface area contributed by atoms with Crippen molar-refractivity contribution in [2.45, 2.75) is 77.9 Å². The molecular weight excluding hydrogens is 529 g/mol. The minimum atomic E-state index is -4.45. The van der Waals surface area contributed by atoms with Crippen molar-refractivity contribution < 1.29 is 33.0 Å². The van der Waals surface area contributed by atoms with Gasteiger partial charge in [0.1, 0.15) is 5.82 Å². The lowest BCUT2D eigenvalue weighted by Crippen LogP contribution is -2.59. The van der Waals surface area contributed by atoms with E-state index in [2.05, 4.69) is 20.6 Å². The molecule has 2 amide bonds. The number of halogens is 3. The first-order valence-corrected chi connectivity index (χ1v) is 12.9. The Bertz CT molecular complexity index is 1250. The molecule has 0 aliphatic carbocycles. The molecule has 2 heterocycles. The van der Waals surface area contributed by atoms with Crippen molar-refractivity contribution >= 4 is 17.8 Å². The van der Waals surface area contributed by atoms with Crippen molar-refractivity contribution in [1.82, 2.24) is 24.9 Å². The number of carbonyl (C=O) groups excluding carboxylic acids is 1. The molecule has 0 saturated carbocycles. The van der Waals surface area contributed by atoms with Gasteiger partial charge < -0.3 is 15.5 Å². The number of alkyl halides is 3. The minimum Gasteiger partial charge on any atom is -0.465 e. The molecule has 0 saturated heterocycles. The van der Waals surface area contributed by atoms with Crippen LogP contribution in [0.2, 0.25) is 0 Å². The van der Waals surface area contributed by atoms with Crippen molar-refractivity contribution in [2.75, 3.05) is 5.32 Å². The highest BCUT2D eigenvalue weighted by Gasteiger charge is 2.42. The molecule has 2 aromatic heterocycles. The maximum atomic E-state index is 12.9. The Labute approximate surface area is 230 Å². The number of H-pyrrole nitrogens is 1. The number of hydrogen-bond donors (Lipinski definition) is 4. The molecule has 0 bridgehead atoms. The van der Waals surface area contributed by atoms with E-state index in [9.17, 15) is 33.0 Å². The fraction of sp³-hybridized carbons (Fsp3) is 0.481. The fourth-order valence-electron chi connectivity index (χ4n) is 4.50. The second-order valence-electron chi connectivity index (χ2n) is 10.7. The second kappa shape index (κ2) is 12.5. The number of nitrogens with zero attached hydrogens (tertiary/aromatic N) is 4. The van der Waals surface area contributed by atoms with Crippen LogP contribution in [0.3, 0.4) is 0 Å². The van der Waals surface area contributed by atoms with E-state index in [1.165, 1.54) is 35.3 Å². The number of carbonyl (C=O) groups is 2. The van der Waals surface area contributed by atoms with Crippen LogP contribution >= 0.6 is 0 Å². The van der Waals surface area contributed by atoms with Crippen LogP contribution in [0.4, 0.5) is 23.8 Å². The number of nitrogens with one attached hydrogen (secondary N) is 2. The van der Waals surface area contributed by atoms with Crippen LogP contribution in [0, 0.1) is 5.41 Å². The topological polar surface area (TPSA) is 136 Å². The second-order valence-corrected chi connectivity index (χ2v) is 10.7. The minimum absolute atomic E-state index is 0.0773. The van der Waals surface area contributed by atoms with Crippen LogP contribution in [0.25, 0.3) is 11.1 Å². The molecule has 10 nitrogen and oxygen atoms in total. The highest BCUT2D eigenvalue weighted by Crippen LogP contribution is 2.33. The maximum Gasteiger partial charge on any atom is 0.416 e. The van der Waals surface area contributed by atoms with Gasteiger partial charge in [-0.15, -0.1) is 0 Å². The number of benzene rings is 1. The lowest BCUT2D eigenvalue weighted by Gasteiger charge is -2.43. The van der Waals surface area contributed by atoms with Crippen molar-refractivity contribution in [3.8, 4) is 11.1 Å². The highest BCUT2D eigenvalue weighted by molar-refractivity contribution is 5.94. The van der Waals surface area contributed by atoms with E-state index >= 15 is 0 Å². The molecule has 40 heavy (non-hydrogen) atoms. The van der Waals surface area contributed by atoms with Crippen LogP contribution in [0.1, 0.15) is 52.5 Å². The van der Waals surface area contributed by atoms with Gasteiger partial charge in [-0.25, -0.2) is 4.79 Å². The van der Waals surface area contributed by atoms with Gasteiger partial charge in [-0.3, -0.25) is 19.5 Å². The van der Waals surface area contributed by atoms with E-state index in [1.54, 1.807) is 6.20 Å². The van der Waals surface area contributed by atoms with Gasteiger partial charge in [-0.2, -0.15) is 23.4 Å². The molecule has 4 N–H and O–H groups in total. The normalized spacial score (nSPS) is 14.4. The van der Waals surface area contributed by atoms with E-state index in [4.69, 9.17) is 0 Å². The average molecular weight is 565 g/mol. The number of aromatic nitrogens is 4. The first kappa shape index (κ1) is 30.7. The number of aliphatic hydroxyl groups is 1. The van der Waals surface area contributed by atoms with E-state index < -0.39 is 47.3 Å². The van der Waals surface area contributed by atoms with Crippen molar-refractivity contribution in [2.24, 2.45) is 5.41 Å². The van der Waals surface area contributed by atoms with Gasteiger partial charge in [0.2, 0.25) is 0 Å². The van der Waals surface area contributed by atoms with Crippen molar-refractivity contribution in [3.63, 3.8) is 0 Å². The van der Waals surface area contributed by atoms with E-state index in [-0.39, 0.29) is 18.8 Å². The fourth-order valence-corrected chi connectivity index (χ4v) is 4.50. The molecule has 0 aliphatic rings. The Morgan fingerprint density at radius 1 is 1.12 bits per heavy atom. The Morgan fingerprint density at radius 2 is 1.80 bits per heavy atom. The molecule has 0 aliphatic heterocycles. The molecule has 0 radical (unpaired) electrons. The number of rotatable bonds is 11. The van der Waals surface area contributed by atoms with Gasteiger partial charge >= 0.3 is 12.3 Å².